The molecular formula is C30H28S. The molecule has 0 spiro atoms. The van der Waals surface area contributed by atoms with E-state index in [2.05, 4.69) is 100 Å². The summed E-state index contributed by atoms with van der Waals surface area (Å²) in [5.41, 5.74) is 13.6. The van der Waals surface area contributed by atoms with Crippen molar-refractivity contribution in [2.75, 3.05) is 0 Å². The molecule has 31 heavy (non-hydrogen) atoms. The van der Waals surface area contributed by atoms with E-state index in [4.69, 9.17) is 0 Å². The minimum atomic E-state index is 0.0254. The smallest absolute Gasteiger partial charge is 0.0343 e. The lowest BCUT2D eigenvalue weighted by Gasteiger charge is -2.31. The molecule has 1 heteroatoms. The molecular weight excluding hydrogens is 392 g/mol. The average molecular weight is 421 g/mol. The van der Waals surface area contributed by atoms with Crippen molar-refractivity contribution >= 4 is 11.8 Å². The largest absolute Gasteiger partial charge is 0.118 e. The summed E-state index contributed by atoms with van der Waals surface area (Å²) in [5, 5.41) is 0.641. The summed E-state index contributed by atoms with van der Waals surface area (Å²) in [7, 11) is 0. The molecule has 0 nitrogen and oxygen atoms in total. The second kappa shape index (κ2) is 5.75. The van der Waals surface area contributed by atoms with Crippen LogP contribution >= 0.6 is 11.8 Å². The van der Waals surface area contributed by atoms with Gasteiger partial charge in [-0.2, -0.15) is 0 Å². The topological polar surface area (TPSA) is 0 Å². The van der Waals surface area contributed by atoms with Crippen LogP contribution in [0.2, 0.25) is 0 Å². The Balaban J connectivity index is 1.49. The molecule has 1 aliphatic heterocycles. The van der Waals surface area contributed by atoms with E-state index in [0.29, 0.717) is 11.2 Å². The number of benzene rings is 3. The van der Waals surface area contributed by atoms with Gasteiger partial charge in [-0.1, -0.05) is 82.3 Å². The molecule has 0 fully saturated rings. The van der Waals surface area contributed by atoms with Crippen LogP contribution in [0.15, 0.2) is 65.6 Å². The first kappa shape index (κ1) is 18.3. The number of hydrogen-bond donors (Lipinski definition) is 0. The Bertz CT molecular complexity index is 1320. The van der Waals surface area contributed by atoms with Gasteiger partial charge in [-0.15, -0.1) is 11.8 Å². The fourth-order valence-corrected chi connectivity index (χ4v) is 8.48. The molecule has 3 aromatic rings. The van der Waals surface area contributed by atoms with Crippen LogP contribution in [-0.2, 0) is 10.8 Å². The van der Waals surface area contributed by atoms with Gasteiger partial charge in [0.1, 0.15) is 0 Å². The molecule has 154 valence electrons. The van der Waals surface area contributed by atoms with Crippen LogP contribution < -0.4 is 0 Å². The highest BCUT2D eigenvalue weighted by Gasteiger charge is 2.46. The first-order valence-electron chi connectivity index (χ1n) is 11.7. The van der Waals surface area contributed by atoms with Gasteiger partial charge in [0.25, 0.3) is 0 Å². The molecule has 3 aliphatic carbocycles. The van der Waals surface area contributed by atoms with Gasteiger partial charge in [0.05, 0.1) is 0 Å². The van der Waals surface area contributed by atoms with Gasteiger partial charge in [-0.05, 0) is 69.0 Å². The van der Waals surface area contributed by atoms with Crippen molar-refractivity contribution in [1.82, 2.24) is 0 Å². The Kier molecular flexibility index (Phi) is 3.40. The number of allylic oxidation sites excluding steroid dienone is 1. The van der Waals surface area contributed by atoms with E-state index >= 15 is 0 Å². The van der Waals surface area contributed by atoms with Crippen molar-refractivity contribution < 1.29 is 0 Å². The average Bonchev–Trinajstić information content (AvgIpc) is 3.32. The molecule has 0 saturated carbocycles. The quantitative estimate of drug-likeness (QED) is 0.330. The van der Waals surface area contributed by atoms with Crippen molar-refractivity contribution in [2.45, 2.75) is 67.4 Å². The highest BCUT2D eigenvalue weighted by molar-refractivity contribution is 8.00. The number of fused-ring (bicyclic) bond motifs is 10. The minimum absolute atomic E-state index is 0.0254. The minimum Gasteiger partial charge on any atom is -0.118 e. The summed E-state index contributed by atoms with van der Waals surface area (Å²) in [6, 6.07) is 19.0. The lowest BCUT2D eigenvalue weighted by Crippen LogP contribution is -2.24. The summed E-state index contributed by atoms with van der Waals surface area (Å²) in [6.45, 7) is 9.77. The van der Waals surface area contributed by atoms with Crippen molar-refractivity contribution in [2.24, 2.45) is 0 Å². The Morgan fingerprint density at radius 3 is 2.29 bits per heavy atom. The normalized spacial score (nSPS) is 24.8. The predicted molar refractivity (Wildman–Crippen MR) is 132 cm³/mol. The predicted octanol–water partition coefficient (Wildman–Crippen LogP) is 8.21. The van der Waals surface area contributed by atoms with Gasteiger partial charge < -0.3 is 0 Å². The third-order valence-corrected chi connectivity index (χ3v) is 9.85. The van der Waals surface area contributed by atoms with Gasteiger partial charge in [0, 0.05) is 26.9 Å². The van der Waals surface area contributed by atoms with Crippen LogP contribution in [0.5, 0.6) is 0 Å². The zero-order valence-electron chi connectivity index (χ0n) is 18.8. The molecule has 2 atom stereocenters. The maximum Gasteiger partial charge on any atom is 0.0343 e. The summed E-state index contributed by atoms with van der Waals surface area (Å²) in [4.78, 5) is 1.52. The molecule has 0 N–H and O–H groups in total. The Morgan fingerprint density at radius 1 is 0.774 bits per heavy atom. The number of thioether (sulfide) groups is 1. The van der Waals surface area contributed by atoms with E-state index in [1.807, 2.05) is 0 Å². The molecule has 0 aromatic heterocycles. The van der Waals surface area contributed by atoms with Crippen LogP contribution in [0, 0.1) is 0 Å². The summed E-state index contributed by atoms with van der Waals surface area (Å²) < 4.78 is 0. The van der Waals surface area contributed by atoms with Gasteiger partial charge >= 0.3 is 0 Å². The molecule has 3 aromatic carbocycles. The molecule has 7 rings (SSSR count). The lowest BCUT2D eigenvalue weighted by atomic mass is 9.72. The molecule has 0 amide bonds. The summed E-state index contributed by atoms with van der Waals surface area (Å²) in [5.74, 6) is 0.696. The Morgan fingerprint density at radius 2 is 1.48 bits per heavy atom. The molecule has 1 heterocycles. The van der Waals surface area contributed by atoms with Crippen molar-refractivity contribution in [3.05, 3.63) is 88.5 Å². The highest BCUT2D eigenvalue weighted by Crippen LogP contribution is 2.61. The third-order valence-electron chi connectivity index (χ3n) is 8.49. The Labute approximate surface area is 189 Å². The SMILES string of the molecule is CC1(C)c2ccccc2-c2ccc3c(c21)C(C)(C)c1cc2c(cc1-3)SC1C=CCCC21. The molecule has 4 aliphatic rings. The van der Waals surface area contributed by atoms with Crippen LogP contribution in [-0.4, -0.2) is 5.25 Å². The van der Waals surface area contributed by atoms with E-state index < -0.39 is 0 Å². The fraction of sp³-hybridized carbons (Fsp3) is 0.333. The molecule has 0 saturated heterocycles. The summed E-state index contributed by atoms with van der Waals surface area (Å²) >= 11 is 2.09. The maximum atomic E-state index is 2.60. The van der Waals surface area contributed by atoms with Gasteiger partial charge in [0.15, 0.2) is 0 Å². The van der Waals surface area contributed by atoms with Crippen molar-refractivity contribution in [3.8, 4) is 22.3 Å². The zero-order chi connectivity index (χ0) is 21.1. The van der Waals surface area contributed by atoms with Gasteiger partial charge in [-0.3, -0.25) is 0 Å². The first-order chi connectivity index (χ1) is 14.9. The first-order valence-corrected chi connectivity index (χ1v) is 12.6. The van der Waals surface area contributed by atoms with Crippen LogP contribution in [0.1, 0.15) is 74.3 Å². The van der Waals surface area contributed by atoms with E-state index in [0.717, 1.165) is 0 Å². The third kappa shape index (κ3) is 2.14. The van der Waals surface area contributed by atoms with E-state index in [9.17, 15) is 0 Å². The monoisotopic (exact) mass is 420 g/mol. The molecule has 0 radical (unpaired) electrons. The van der Waals surface area contributed by atoms with Crippen LogP contribution in [0.25, 0.3) is 22.3 Å². The number of hydrogen-bond acceptors (Lipinski definition) is 1. The van der Waals surface area contributed by atoms with Crippen molar-refractivity contribution in [3.63, 3.8) is 0 Å². The van der Waals surface area contributed by atoms with E-state index in [1.165, 1.54) is 51.1 Å². The maximum absolute atomic E-state index is 2.60. The van der Waals surface area contributed by atoms with E-state index in [-0.39, 0.29) is 10.8 Å². The highest BCUT2D eigenvalue weighted by atomic mass is 32.2. The van der Waals surface area contributed by atoms with Crippen molar-refractivity contribution in [1.29, 1.82) is 0 Å². The standard InChI is InChI=1S/C30H28S/c1-29(2)23-11-7-5-9-17(23)19-13-14-20-21-16-26-22(18-10-6-8-12-25(18)31-26)15-24(21)30(3,4)28(20)27(19)29/h5,7-9,11-16,18,25H,6,10H2,1-4H3. The summed E-state index contributed by atoms with van der Waals surface area (Å²) in [6.07, 6.45) is 7.36. The number of rotatable bonds is 0. The van der Waals surface area contributed by atoms with Gasteiger partial charge in [0.2, 0.25) is 0 Å². The van der Waals surface area contributed by atoms with Gasteiger partial charge in [-0.25, -0.2) is 0 Å². The molecule has 0 bridgehead atoms. The Hall–Kier alpha value is -2.25. The fourth-order valence-electron chi connectivity index (χ4n) is 7.02. The van der Waals surface area contributed by atoms with E-state index in [1.54, 1.807) is 16.7 Å². The molecule has 2 unspecified atom stereocenters. The lowest BCUT2D eigenvalue weighted by molar-refractivity contribution is 0.596. The van der Waals surface area contributed by atoms with Crippen LogP contribution in [0.3, 0.4) is 0 Å². The second-order valence-corrected chi connectivity index (χ2v) is 12.1. The zero-order valence-corrected chi connectivity index (χ0v) is 19.6. The second-order valence-electron chi connectivity index (χ2n) is 10.8. The van der Waals surface area contributed by atoms with Crippen LogP contribution in [0.4, 0.5) is 0 Å².